The van der Waals surface area contributed by atoms with Gasteiger partial charge < -0.3 is 15.6 Å². The molecule has 0 saturated heterocycles. The fraction of sp³-hybridized carbons (Fsp3) is 0.200. The SMILES string of the molecule is C=C(C(=O)O)/C(OC)=C(/N)N=C(C)c1ccc(C)cc1. The molecule has 3 N–H and O–H groups in total. The smallest absolute Gasteiger partial charge is 0.339 e. The van der Waals surface area contributed by atoms with Gasteiger partial charge in [-0.2, -0.15) is 0 Å². The van der Waals surface area contributed by atoms with Gasteiger partial charge in [0.05, 0.1) is 12.7 Å². The summed E-state index contributed by atoms with van der Waals surface area (Å²) in [5, 5.41) is 8.90. The molecule has 0 heterocycles. The Morgan fingerprint density at radius 3 is 2.35 bits per heavy atom. The molecule has 106 valence electrons. The first-order chi connectivity index (χ1) is 9.36. The number of rotatable bonds is 5. The van der Waals surface area contributed by atoms with Crippen molar-refractivity contribution in [3.05, 3.63) is 59.1 Å². The van der Waals surface area contributed by atoms with Crippen molar-refractivity contribution in [2.45, 2.75) is 13.8 Å². The Bertz CT molecular complexity index is 584. The predicted molar refractivity (Wildman–Crippen MR) is 78.4 cm³/mol. The summed E-state index contributed by atoms with van der Waals surface area (Å²) >= 11 is 0. The molecule has 1 rings (SSSR count). The summed E-state index contributed by atoms with van der Waals surface area (Å²) in [6, 6.07) is 7.75. The highest BCUT2D eigenvalue weighted by Gasteiger charge is 2.15. The zero-order valence-corrected chi connectivity index (χ0v) is 11.8. The highest BCUT2D eigenvalue weighted by molar-refractivity contribution is 5.99. The van der Waals surface area contributed by atoms with Gasteiger partial charge >= 0.3 is 5.97 Å². The molecule has 0 aliphatic carbocycles. The maximum atomic E-state index is 10.9. The highest BCUT2D eigenvalue weighted by atomic mass is 16.5. The first-order valence-corrected chi connectivity index (χ1v) is 5.95. The summed E-state index contributed by atoms with van der Waals surface area (Å²) in [6.07, 6.45) is 0. The number of aryl methyl sites for hydroxylation is 1. The number of nitrogens with zero attached hydrogens (tertiary/aromatic N) is 1. The summed E-state index contributed by atoms with van der Waals surface area (Å²) in [5.74, 6) is -1.25. The first kappa shape index (κ1) is 15.5. The number of nitrogens with two attached hydrogens (primary N) is 1. The van der Waals surface area contributed by atoms with E-state index in [9.17, 15) is 4.79 Å². The van der Waals surface area contributed by atoms with Crippen LogP contribution >= 0.6 is 0 Å². The summed E-state index contributed by atoms with van der Waals surface area (Å²) < 4.78 is 4.96. The lowest BCUT2D eigenvalue weighted by Crippen LogP contribution is -2.11. The zero-order valence-electron chi connectivity index (χ0n) is 11.8. The molecule has 0 aliphatic heterocycles. The van der Waals surface area contributed by atoms with E-state index in [1.54, 1.807) is 6.92 Å². The Morgan fingerprint density at radius 1 is 1.35 bits per heavy atom. The van der Waals surface area contributed by atoms with Crippen LogP contribution in [0.5, 0.6) is 0 Å². The van der Waals surface area contributed by atoms with Crippen molar-refractivity contribution in [3.63, 3.8) is 0 Å². The number of methoxy groups -OCH3 is 1. The molecule has 0 unspecified atom stereocenters. The lowest BCUT2D eigenvalue weighted by Gasteiger charge is -2.08. The van der Waals surface area contributed by atoms with Crippen LogP contribution in [0.15, 0.2) is 53.0 Å². The highest BCUT2D eigenvalue weighted by Crippen LogP contribution is 2.14. The standard InChI is InChI=1S/C15H18N2O3/c1-9-5-7-12(8-6-9)11(3)17-14(16)13(20-4)10(2)15(18)19/h5-8H,2,16H2,1,3-4H3,(H,18,19)/b14-13+,17-11?. The molecule has 5 nitrogen and oxygen atoms in total. The van der Waals surface area contributed by atoms with Gasteiger partial charge in [0, 0.05) is 5.71 Å². The van der Waals surface area contributed by atoms with Crippen LogP contribution in [0.2, 0.25) is 0 Å². The Kier molecular flexibility index (Phi) is 5.08. The summed E-state index contributed by atoms with van der Waals surface area (Å²) in [7, 11) is 1.33. The van der Waals surface area contributed by atoms with Gasteiger partial charge in [-0.15, -0.1) is 0 Å². The Hall–Kier alpha value is -2.56. The topological polar surface area (TPSA) is 84.9 Å². The van der Waals surface area contributed by atoms with Gasteiger partial charge in [0.15, 0.2) is 11.6 Å². The number of benzene rings is 1. The molecule has 1 aromatic rings. The van der Waals surface area contributed by atoms with E-state index in [-0.39, 0.29) is 17.2 Å². The predicted octanol–water partition coefficient (Wildman–Crippen LogP) is 2.22. The number of carbonyl (C=O) groups is 1. The van der Waals surface area contributed by atoms with Crippen LogP contribution in [-0.2, 0) is 9.53 Å². The van der Waals surface area contributed by atoms with Crippen molar-refractivity contribution in [2.24, 2.45) is 10.7 Å². The van der Waals surface area contributed by atoms with E-state index in [1.165, 1.54) is 7.11 Å². The summed E-state index contributed by atoms with van der Waals surface area (Å²) in [4.78, 5) is 15.1. The van der Waals surface area contributed by atoms with E-state index in [1.807, 2.05) is 31.2 Å². The second kappa shape index (κ2) is 6.56. The van der Waals surface area contributed by atoms with Gasteiger partial charge in [0.1, 0.15) is 0 Å². The Morgan fingerprint density at radius 2 is 1.90 bits per heavy atom. The average Bonchev–Trinajstić information content (AvgIpc) is 2.39. The monoisotopic (exact) mass is 274 g/mol. The van der Waals surface area contributed by atoms with Crippen molar-refractivity contribution in [1.29, 1.82) is 0 Å². The molecule has 0 aromatic heterocycles. The third kappa shape index (κ3) is 3.71. The van der Waals surface area contributed by atoms with Gasteiger partial charge in [0.2, 0.25) is 0 Å². The van der Waals surface area contributed by atoms with E-state index in [4.69, 9.17) is 15.6 Å². The Labute approximate surface area is 118 Å². The summed E-state index contributed by atoms with van der Waals surface area (Å²) in [5.41, 5.74) is 8.25. The third-order valence-corrected chi connectivity index (χ3v) is 2.73. The van der Waals surface area contributed by atoms with Gasteiger partial charge in [0.25, 0.3) is 0 Å². The van der Waals surface area contributed by atoms with E-state index < -0.39 is 5.97 Å². The summed E-state index contributed by atoms with van der Waals surface area (Å²) in [6.45, 7) is 7.18. The van der Waals surface area contributed by atoms with Crippen LogP contribution in [0.4, 0.5) is 0 Å². The van der Waals surface area contributed by atoms with Gasteiger partial charge in [-0.3, -0.25) is 0 Å². The maximum Gasteiger partial charge on any atom is 0.339 e. The molecule has 0 amide bonds. The number of carboxylic acid groups (broad SMARTS) is 1. The fourth-order valence-electron chi connectivity index (χ4n) is 1.57. The lowest BCUT2D eigenvalue weighted by atomic mass is 10.1. The number of aliphatic imine (C=N–C) groups is 1. The van der Waals surface area contributed by atoms with Crippen LogP contribution in [0.3, 0.4) is 0 Å². The number of aliphatic carboxylic acids is 1. The molecule has 0 spiro atoms. The first-order valence-electron chi connectivity index (χ1n) is 5.95. The van der Waals surface area contributed by atoms with Gasteiger partial charge in [-0.1, -0.05) is 36.4 Å². The molecule has 0 radical (unpaired) electrons. The quantitative estimate of drug-likeness (QED) is 0.373. The second-order valence-electron chi connectivity index (χ2n) is 4.27. The third-order valence-electron chi connectivity index (χ3n) is 2.73. The van der Waals surface area contributed by atoms with Crippen molar-refractivity contribution >= 4 is 11.7 Å². The number of hydrogen-bond donors (Lipinski definition) is 2. The zero-order chi connectivity index (χ0) is 15.3. The molecule has 0 atom stereocenters. The van der Waals surface area contributed by atoms with Crippen LogP contribution in [-0.4, -0.2) is 23.9 Å². The van der Waals surface area contributed by atoms with E-state index in [0.717, 1.165) is 11.1 Å². The van der Waals surface area contributed by atoms with Crippen LogP contribution < -0.4 is 5.73 Å². The molecule has 5 heteroatoms. The van der Waals surface area contributed by atoms with Crippen LogP contribution in [0.25, 0.3) is 0 Å². The minimum atomic E-state index is -1.20. The minimum Gasteiger partial charge on any atom is -0.492 e. The normalized spacial score (nSPS) is 12.7. The molecule has 0 aliphatic rings. The molecule has 20 heavy (non-hydrogen) atoms. The minimum absolute atomic E-state index is 0.0158. The van der Waals surface area contributed by atoms with Crippen molar-refractivity contribution in [1.82, 2.24) is 0 Å². The van der Waals surface area contributed by atoms with Crippen LogP contribution in [0, 0.1) is 6.92 Å². The Balaban J connectivity index is 3.15. The largest absolute Gasteiger partial charge is 0.492 e. The maximum absolute atomic E-state index is 10.9. The molecular weight excluding hydrogens is 256 g/mol. The molecule has 1 aromatic carbocycles. The van der Waals surface area contributed by atoms with E-state index >= 15 is 0 Å². The van der Waals surface area contributed by atoms with Gasteiger partial charge in [-0.05, 0) is 19.4 Å². The molecule has 0 saturated carbocycles. The molecule has 0 bridgehead atoms. The number of carboxylic acids is 1. The fourth-order valence-corrected chi connectivity index (χ4v) is 1.57. The molecule has 0 fully saturated rings. The van der Waals surface area contributed by atoms with Gasteiger partial charge in [-0.25, -0.2) is 9.79 Å². The number of hydrogen-bond acceptors (Lipinski definition) is 4. The van der Waals surface area contributed by atoms with E-state index in [0.29, 0.717) is 5.71 Å². The van der Waals surface area contributed by atoms with Crippen molar-refractivity contribution in [3.8, 4) is 0 Å². The van der Waals surface area contributed by atoms with Crippen molar-refractivity contribution in [2.75, 3.05) is 7.11 Å². The van der Waals surface area contributed by atoms with Crippen LogP contribution in [0.1, 0.15) is 18.1 Å². The van der Waals surface area contributed by atoms with Crippen molar-refractivity contribution < 1.29 is 14.6 Å². The number of ether oxygens (including phenoxy) is 1. The van der Waals surface area contributed by atoms with E-state index in [2.05, 4.69) is 11.6 Å². The lowest BCUT2D eigenvalue weighted by molar-refractivity contribution is -0.132. The second-order valence-corrected chi connectivity index (χ2v) is 4.27. The molecular formula is C15H18N2O3. The average molecular weight is 274 g/mol.